The molecule has 0 saturated heterocycles. The van der Waals surface area contributed by atoms with Gasteiger partial charge in [0.05, 0.1) is 0 Å². The van der Waals surface area contributed by atoms with Gasteiger partial charge in [-0.15, -0.1) is 0 Å². The van der Waals surface area contributed by atoms with Crippen molar-refractivity contribution >= 4 is 31.3 Å². The van der Waals surface area contributed by atoms with E-state index in [1.54, 1.807) is 0 Å². The first-order valence-corrected chi connectivity index (χ1v) is 11.9. The van der Waals surface area contributed by atoms with Gasteiger partial charge in [0.15, 0.2) is 0 Å². The van der Waals surface area contributed by atoms with Crippen molar-refractivity contribution in [1.29, 1.82) is 0 Å². The average Bonchev–Trinajstić information content (AvgIpc) is 3.44. The van der Waals surface area contributed by atoms with Crippen LogP contribution in [0.4, 0.5) is 0 Å². The van der Waals surface area contributed by atoms with Crippen LogP contribution in [0.25, 0.3) is 0 Å². The van der Waals surface area contributed by atoms with Gasteiger partial charge in [-0.05, 0) is 45.8 Å². The number of hydrogen-bond donors (Lipinski definition) is 1. The maximum Gasteiger partial charge on any atom is 0.261 e. The van der Waals surface area contributed by atoms with Crippen molar-refractivity contribution in [3.05, 3.63) is 60.7 Å². The molecule has 0 N–H and O–H groups in total. The van der Waals surface area contributed by atoms with Crippen molar-refractivity contribution in [3.8, 4) is 0 Å². The van der Waals surface area contributed by atoms with E-state index in [2.05, 4.69) is 94.1 Å². The van der Waals surface area contributed by atoms with Gasteiger partial charge in [-0.25, -0.2) is 0 Å². The monoisotopic (exact) mass is 370 g/mol. The van der Waals surface area contributed by atoms with Crippen molar-refractivity contribution in [2.24, 2.45) is 11.8 Å². The van der Waals surface area contributed by atoms with Gasteiger partial charge in [-0.1, -0.05) is 81.4 Å². The molecule has 1 aliphatic carbocycles. The first-order chi connectivity index (χ1) is 12.0. The summed E-state index contributed by atoms with van der Waals surface area (Å²) in [6.07, 6.45) is 2.69. The Hall–Kier alpha value is -1.03. The zero-order valence-electron chi connectivity index (χ0n) is 15.6. The molecule has 1 atom stereocenters. The molecule has 0 bridgehead atoms. The highest BCUT2D eigenvalue weighted by molar-refractivity contribution is 7.80. The zero-order valence-corrected chi connectivity index (χ0v) is 17.5. The molecule has 25 heavy (non-hydrogen) atoms. The second-order valence-electron chi connectivity index (χ2n) is 8.25. The van der Waals surface area contributed by atoms with Gasteiger partial charge in [-0.2, -0.15) is 12.6 Å². The smallest absolute Gasteiger partial charge is 0.261 e. The quantitative estimate of drug-likeness (QED) is 0.557. The van der Waals surface area contributed by atoms with E-state index < -0.39 is 8.32 Å². The van der Waals surface area contributed by atoms with Crippen LogP contribution >= 0.6 is 12.6 Å². The molecule has 0 aliphatic heterocycles. The Balaban J connectivity index is 2.05. The second-order valence-corrected chi connectivity index (χ2v) is 12.9. The summed E-state index contributed by atoms with van der Waals surface area (Å²) in [7, 11) is -2.38. The summed E-state index contributed by atoms with van der Waals surface area (Å²) in [4.78, 5) is 0. The zero-order chi connectivity index (χ0) is 17.9. The van der Waals surface area contributed by atoms with Crippen LogP contribution in [-0.2, 0) is 4.43 Å². The molecule has 2 aromatic rings. The lowest BCUT2D eigenvalue weighted by atomic mass is 10.1. The fourth-order valence-electron chi connectivity index (χ4n) is 3.90. The van der Waals surface area contributed by atoms with Crippen LogP contribution in [0.5, 0.6) is 0 Å². The van der Waals surface area contributed by atoms with E-state index in [9.17, 15) is 0 Å². The highest BCUT2D eigenvalue weighted by Crippen LogP contribution is 2.40. The molecular weight excluding hydrogens is 340 g/mol. The van der Waals surface area contributed by atoms with Crippen LogP contribution < -0.4 is 10.4 Å². The fourth-order valence-corrected chi connectivity index (χ4v) is 8.92. The SMILES string of the molecule is CC(C)(C)[Si](OCC(CS)C1CC1)(c1ccccc1)c1ccccc1. The van der Waals surface area contributed by atoms with E-state index in [0.29, 0.717) is 5.92 Å². The molecule has 1 saturated carbocycles. The largest absolute Gasteiger partial charge is 0.407 e. The summed E-state index contributed by atoms with van der Waals surface area (Å²) in [5.41, 5.74) is 0. The summed E-state index contributed by atoms with van der Waals surface area (Å²) >= 11 is 4.61. The maximum atomic E-state index is 7.01. The Morgan fingerprint density at radius 2 is 1.44 bits per heavy atom. The standard InChI is InChI=1S/C22H30OSSi/c1-22(2,3)25(20-10-6-4-7-11-20,21-12-8-5-9-13-21)23-16-19(17-24)18-14-15-18/h4-13,18-19,24H,14-17H2,1-3H3. The van der Waals surface area contributed by atoms with Crippen molar-refractivity contribution in [2.75, 3.05) is 12.4 Å². The third kappa shape index (κ3) is 3.89. The van der Waals surface area contributed by atoms with Crippen LogP contribution in [0.3, 0.4) is 0 Å². The third-order valence-corrected chi connectivity index (χ3v) is 10.9. The molecular formula is C22H30OSSi. The summed E-state index contributed by atoms with van der Waals surface area (Å²) in [5.74, 6) is 2.31. The fraction of sp³-hybridized carbons (Fsp3) is 0.455. The lowest BCUT2D eigenvalue weighted by molar-refractivity contribution is 0.233. The molecule has 0 heterocycles. The molecule has 1 fully saturated rings. The predicted octanol–water partition coefficient (Wildman–Crippen LogP) is 4.52. The molecule has 1 nitrogen and oxygen atoms in total. The normalized spacial score (nSPS) is 16.6. The topological polar surface area (TPSA) is 9.23 Å². The third-order valence-electron chi connectivity index (χ3n) is 5.45. The molecule has 1 unspecified atom stereocenters. The Labute approximate surface area is 159 Å². The van der Waals surface area contributed by atoms with Crippen LogP contribution in [0.15, 0.2) is 60.7 Å². The lowest BCUT2D eigenvalue weighted by Gasteiger charge is -2.43. The van der Waals surface area contributed by atoms with Crippen LogP contribution in [0.1, 0.15) is 33.6 Å². The summed E-state index contributed by atoms with van der Waals surface area (Å²) in [5, 5.41) is 2.78. The molecule has 0 radical (unpaired) electrons. The van der Waals surface area contributed by atoms with Gasteiger partial charge >= 0.3 is 0 Å². The molecule has 0 spiro atoms. The van der Waals surface area contributed by atoms with Gasteiger partial charge < -0.3 is 4.43 Å². The number of hydrogen-bond acceptors (Lipinski definition) is 2. The van der Waals surface area contributed by atoms with Gasteiger partial charge in [0.2, 0.25) is 0 Å². The lowest BCUT2D eigenvalue weighted by Crippen LogP contribution is -2.67. The van der Waals surface area contributed by atoms with E-state index in [-0.39, 0.29) is 5.04 Å². The number of benzene rings is 2. The summed E-state index contributed by atoms with van der Waals surface area (Å²) in [6, 6.07) is 21.8. The van der Waals surface area contributed by atoms with Gasteiger partial charge in [0.25, 0.3) is 8.32 Å². The molecule has 2 aromatic carbocycles. The van der Waals surface area contributed by atoms with E-state index in [4.69, 9.17) is 4.43 Å². The molecule has 3 heteroatoms. The second kappa shape index (κ2) is 7.69. The summed E-state index contributed by atoms with van der Waals surface area (Å²) < 4.78 is 7.01. The number of thiol groups is 1. The minimum atomic E-state index is -2.38. The maximum absolute atomic E-state index is 7.01. The molecule has 1 aliphatic rings. The van der Waals surface area contributed by atoms with Crippen molar-refractivity contribution in [2.45, 2.75) is 38.7 Å². The van der Waals surface area contributed by atoms with Gasteiger partial charge in [0.1, 0.15) is 0 Å². The first kappa shape index (κ1) is 18.7. The van der Waals surface area contributed by atoms with Crippen LogP contribution in [0, 0.1) is 11.8 Å². The molecule has 0 amide bonds. The molecule has 0 aromatic heterocycles. The van der Waals surface area contributed by atoms with E-state index in [1.807, 2.05) is 0 Å². The average molecular weight is 371 g/mol. The van der Waals surface area contributed by atoms with Crippen LogP contribution in [0.2, 0.25) is 5.04 Å². The van der Waals surface area contributed by atoms with Gasteiger partial charge in [-0.3, -0.25) is 0 Å². The minimum absolute atomic E-state index is 0.0560. The Kier molecular flexibility index (Phi) is 5.77. The first-order valence-electron chi connectivity index (χ1n) is 9.35. The molecule has 134 valence electrons. The van der Waals surface area contributed by atoms with Crippen molar-refractivity contribution in [1.82, 2.24) is 0 Å². The predicted molar refractivity (Wildman–Crippen MR) is 114 cm³/mol. The van der Waals surface area contributed by atoms with E-state index in [1.165, 1.54) is 23.2 Å². The minimum Gasteiger partial charge on any atom is -0.407 e. The Morgan fingerprint density at radius 3 is 1.80 bits per heavy atom. The van der Waals surface area contributed by atoms with Crippen LogP contribution in [-0.4, -0.2) is 20.7 Å². The van der Waals surface area contributed by atoms with E-state index >= 15 is 0 Å². The van der Waals surface area contributed by atoms with Gasteiger partial charge in [0, 0.05) is 6.61 Å². The summed E-state index contributed by atoms with van der Waals surface area (Å²) in [6.45, 7) is 7.84. The Morgan fingerprint density at radius 1 is 0.960 bits per heavy atom. The van der Waals surface area contributed by atoms with Crippen molar-refractivity contribution < 1.29 is 4.43 Å². The Bertz CT molecular complexity index is 622. The van der Waals surface area contributed by atoms with E-state index in [0.717, 1.165) is 18.3 Å². The highest BCUT2D eigenvalue weighted by Gasteiger charge is 2.50. The van der Waals surface area contributed by atoms with Crippen molar-refractivity contribution in [3.63, 3.8) is 0 Å². The highest BCUT2D eigenvalue weighted by atomic mass is 32.1. The number of rotatable bonds is 7. The molecule has 3 rings (SSSR count).